The first kappa shape index (κ1) is 21.7. The van der Waals surface area contributed by atoms with Crippen molar-refractivity contribution in [3.05, 3.63) is 90.4 Å². The van der Waals surface area contributed by atoms with Crippen LogP contribution in [0.3, 0.4) is 0 Å². The summed E-state index contributed by atoms with van der Waals surface area (Å²) < 4.78 is 6.21. The van der Waals surface area contributed by atoms with Gasteiger partial charge in [0.15, 0.2) is 0 Å². The van der Waals surface area contributed by atoms with Crippen molar-refractivity contribution in [2.45, 2.75) is 0 Å². The second-order valence-corrected chi connectivity index (χ2v) is 7.54. The molecular formula is C25H18N6O4. The predicted octanol–water partition coefficient (Wildman–Crippen LogP) is 3.62. The van der Waals surface area contributed by atoms with Crippen molar-refractivity contribution in [2.24, 2.45) is 0 Å². The number of hydrogen-bond acceptors (Lipinski definition) is 8. The Balaban J connectivity index is 1.41. The van der Waals surface area contributed by atoms with E-state index in [4.69, 9.17) is 4.74 Å². The first-order valence-corrected chi connectivity index (χ1v) is 10.5. The summed E-state index contributed by atoms with van der Waals surface area (Å²) in [6, 6.07) is 16.4. The highest BCUT2D eigenvalue weighted by Crippen LogP contribution is 2.25. The number of phenolic OH excluding ortho intramolecular Hbond substituents is 1. The molecule has 3 aromatic carbocycles. The molecule has 1 amide bonds. The van der Waals surface area contributed by atoms with Crippen LogP contribution >= 0.6 is 0 Å². The van der Waals surface area contributed by atoms with E-state index in [9.17, 15) is 14.7 Å². The summed E-state index contributed by atoms with van der Waals surface area (Å²) in [5.41, 5.74) is 4.15. The molecule has 0 aliphatic heterocycles. The van der Waals surface area contributed by atoms with Gasteiger partial charge < -0.3 is 15.2 Å². The highest BCUT2D eigenvalue weighted by atomic mass is 16.5. The van der Waals surface area contributed by atoms with Gasteiger partial charge >= 0.3 is 5.97 Å². The molecule has 35 heavy (non-hydrogen) atoms. The molecule has 0 aliphatic carbocycles. The van der Waals surface area contributed by atoms with E-state index in [2.05, 4.69) is 25.6 Å². The van der Waals surface area contributed by atoms with Crippen LogP contribution in [0.5, 0.6) is 5.75 Å². The molecule has 0 spiro atoms. The van der Waals surface area contributed by atoms with Gasteiger partial charge in [-0.15, -0.1) is 5.10 Å². The third kappa shape index (κ3) is 4.40. The molecule has 172 valence electrons. The Labute approximate surface area is 198 Å². The number of methoxy groups -OCH3 is 1. The monoisotopic (exact) mass is 466 g/mol. The molecule has 10 nitrogen and oxygen atoms in total. The topological polar surface area (TPSA) is 132 Å². The lowest BCUT2D eigenvalue weighted by Crippen LogP contribution is -2.13. The number of carbonyl (C=O) groups is 2. The zero-order valence-electron chi connectivity index (χ0n) is 18.4. The number of nitrogens with one attached hydrogen (secondary N) is 1. The van der Waals surface area contributed by atoms with Crippen molar-refractivity contribution in [2.75, 3.05) is 12.4 Å². The summed E-state index contributed by atoms with van der Waals surface area (Å²) in [4.78, 5) is 33.2. The van der Waals surface area contributed by atoms with E-state index in [0.29, 0.717) is 17.1 Å². The number of hydrogen-bond donors (Lipinski definition) is 2. The second kappa shape index (κ2) is 9.02. The van der Waals surface area contributed by atoms with Crippen LogP contribution in [0.2, 0.25) is 0 Å². The zero-order chi connectivity index (χ0) is 24.4. The molecule has 0 unspecified atom stereocenters. The molecule has 5 aromatic rings. The van der Waals surface area contributed by atoms with Crippen molar-refractivity contribution in [1.29, 1.82) is 0 Å². The number of aromatic nitrogens is 5. The summed E-state index contributed by atoms with van der Waals surface area (Å²) >= 11 is 0. The van der Waals surface area contributed by atoms with E-state index < -0.39 is 11.9 Å². The summed E-state index contributed by atoms with van der Waals surface area (Å²) in [5, 5.41) is 21.4. The van der Waals surface area contributed by atoms with Crippen molar-refractivity contribution in [1.82, 2.24) is 25.0 Å². The smallest absolute Gasteiger partial charge is 0.337 e. The van der Waals surface area contributed by atoms with Crippen LogP contribution in [-0.2, 0) is 4.74 Å². The number of aromatic hydroxyl groups is 1. The Kier molecular flexibility index (Phi) is 5.60. The lowest BCUT2D eigenvalue weighted by Gasteiger charge is -2.10. The minimum absolute atomic E-state index is 0.0315. The third-order valence-electron chi connectivity index (χ3n) is 5.29. The molecule has 2 N–H and O–H groups in total. The quantitative estimate of drug-likeness (QED) is 0.375. The number of phenols is 1. The van der Waals surface area contributed by atoms with Gasteiger partial charge in [0.2, 0.25) is 0 Å². The van der Waals surface area contributed by atoms with Crippen LogP contribution in [0.1, 0.15) is 20.7 Å². The minimum atomic E-state index is -0.556. The molecule has 2 aromatic heterocycles. The van der Waals surface area contributed by atoms with Crippen LogP contribution in [0.15, 0.2) is 79.3 Å². The van der Waals surface area contributed by atoms with Gasteiger partial charge in [0.25, 0.3) is 5.91 Å². The van der Waals surface area contributed by atoms with E-state index in [1.165, 1.54) is 30.0 Å². The molecule has 10 heteroatoms. The van der Waals surface area contributed by atoms with E-state index in [0.717, 1.165) is 16.6 Å². The lowest BCUT2D eigenvalue weighted by atomic mass is 10.1. The molecule has 0 radical (unpaired) electrons. The van der Waals surface area contributed by atoms with Crippen molar-refractivity contribution in [3.8, 4) is 22.7 Å². The number of esters is 1. The Hall–Kier alpha value is -5.12. The van der Waals surface area contributed by atoms with Crippen LogP contribution in [0, 0.1) is 0 Å². The largest absolute Gasteiger partial charge is 0.507 e. The van der Waals surface area contributed by atoms with Gasteiger partial charge in [-0.2, -0.15) is 0 Å². The highest BCUT2D eigenvalue weighted by Gasteiger charge is 2.15. The first-order valence-electron chi connectivity index (χ1n) is 10.5. The first-order chi connectivity index (χ1) is 17.0. The highest BCUT2D eigenvalue weighted by molar-refractivity contribution is 6.07. The number of anilines is 1. The summed E-state index contributed by atoms with van der Waals surface area (Å²) in [6.07, 6.45) is 4.97. The predicted molar refractivity (Wildman–Crippen MR) is 127 cm³/mol. The van der Waals surface area contributed by atoms with E-state index in [-0.39, 0.29) is 16.9 Å². The SMILES string of the molecule is COC(=O)c1cccc(NC(=O)c2cc(-n3cc(-c4ccc5nccnc5c4)nn3)ccc2O)c1. The molecule has 0 atom stereocenters. The fourth-order valence-electron chi connectivity index (χ4n) is 3.53. The Morgan fingerprint density at radius 2 is 1.80 bits per heavy atom. The number of rotatable bonds is 5. The van der Waals surface area contributed by atoms with E-state index in [1.54, 1.807) is 42.9 Å². The number of benzene rings is 3. The molecule has 0 fully saturated rings. The van der Waals surface area contributed by atoms with Gasteiger partial charge in [0.05, 0.1) is 41.2 Å². The second-order valence-electron chi connectivity index (χ2n) is 7.54. The number of ether oxygens (including phenoxy) is 1. The summed E-state index contributed by atoms with van der Waals surface area (Å²) in [7, 11) is 1.28. The summed E-state index contributed by atoms with van der Waals surface area (Å²) in [6.45, 7) is 0. The van der Waals surface area contributed by atoms with Gasteiger partial charge in [-0.25, -0.2) is 9.48 Å². The Morgan fingerprint density at radius 1 is 0.971 bits per heavy atom. The number of carbonyl (C=O) groups excluding carboxylic acids is 2. The van der Waals surface area contributed by atoms with E-state index >= 15 is 0 Å². The van der Waals surface area contributed by atoms with Crippen LogP contribution in [-0.4, -0.2) is 49.1 Å². The standard InChI is InChI=1S/C25H18N6O4/c1-35-25(34)16-3-2-4-17(11-16)28-24(33)19-13-18(6-8-23(19)32)31-14-22(29-30-31)15-5-7-20-21(12-15)27-10-9-26-20/h2-14,32H,1H3,(H,28,33). The van der Waals surface area contributed by atoms with Gasteiger partial charge in [0, 0.05) is 23.6 Å². The molecule has 0 aliphatic rings. The van der Waals surface area contributed by atoms with Crippen LogP contribution < -0.4 is 5.32 Å². The van der Waals surface area contributed by atoms with Crippen molar-refractivity contribution < 1.29 is 19.4 Å². The van der Waals surface area contributed by atoms with Gasteiger partial charge in [-0.1, -0.05) is 17.3 Å². The number of amides is 1. The maximum Gasteiger partial charge on any atom is 0.337 e. The van der Waals surface area contributed by atoms with Gasteiger partial charge in [-0.3, -0.25) is 14.8 Å². The maximum atomic E-state index is 12.9. The number of fused-ring (bicyclic) bond motifs is 1. The Morgan fingerprint density at radius 3 is 2.63 bits per heavy atom. The fraction of sp³-hybridized carbons (Fsp3) is 0.0400. The maximum absolute atomic E-state index is 12.9. The Bertz CT molecular complexity index is 1580. The van der Waals surface area contributed by atoms with Crippen LogP contribution in [0.25, 0.3) is 28.0 Å². The molecule has 2 heterocycles. The average molecular weight is 466 g/mol. The van der Waals surface area contributed by atoms with Crippen molar-refractivity contribution in [3.63, 3.8) is 0 Å². The van der Waals surface area contributed by atoms with Crippen LogP contribution in [0.4, 0.5) is 5.69 Å². The normalized spacial score (nSPS) is 10.8. The molecule has 0 saturated carbocycles. The van der Waals surface area contributed by atoms with E-state index in [1.807, 2.05) is 18.2 Å². The third-order valence-corrected chi connectivity index (χ3v) is 5.29. The van der Waals surface area contributed by atoms with Gasteiger partial charge in [0.1, 0.15) is 11.4 Å². The average Bonchev–Trinajstić information content (AvgIpc) is 3.38. The zero-order valence-corrected chi connectivity index (χ0v) is 18.4. The fourth-order valence-corrected chi connectivity index (χ4v) is 3.53. The van der Waals surface area contributed by atoms with Gasteiger partial charge in [-0.05, 0) is 48.5 Å². The minimum Gasteiger partial charge on any atom is -0.507 e. The molecule has 0 saturated heterocycles. The molecular weight excluding hydrogens is 448 g/mol. The molecule has 5 rings (SSSR count). The number of nitrogens with zero attached hydrogens (tertiary/aromatic N) is 5. The molecule has 0 bridgehead atoms. The summed E-state index contributed by atoms with van der Waals surface area (Å²) in [5.74, 6) is -1.28. The lowest BCUT2D eigenvalue weighted by molar-refractivity contribution is 0.0600. The van der Waals surface area contributed by atoms with Crippen molar-refractivity contribution >= 4 is 28.6 Å².